The van der Waals surface area contributed by atoms with Crippen LogP contribution in [0, 0.1) is 0 Å². The van der Waals surface area contributed by atoms with E-state index in [1.165, 1.54) is 11.1 Å². The van der Waals surface area contributed by atoms with Crippen molar-refractivity contribution in [2.45, 2.75) is 20.3 Å². The molecule has 0 unspecified atom stereocenters. The number of aliphatic imine (C=N–C) groups is 1. The second-order valence-corrected chi connectivity index (χ2v) is 2.29. The third kappa shape index (κ3) is 0.971. The fraction of sp³-hybridized carbons (Fsp3) is 0.571. The highest BCUT2D eigenvalue weighted by Gasteiger charge is 1.97. The Labute approximate surface area is 50.1 Å². The Morgan fingerprint density at radius 2 is 2.12 bits per heavy atom. The Morgan fingerprint density at radius 3 is 2.50 bits per heavy atom. The molecule has 0 atom stereocenters. The van der Waals surface area contributed by atoms with E-state index in [2.05, 4.69) is 18.8 Å². The summed E-state index contributed by atoms with van der Waals surface area (Å²) in [5.41, 5.74) is 2.92. The molecule has 0 N–H and O–H groups in total. The lowest BCUT2D eigenvalue weighted by molar-refractivity contribution is 1.03. The average Bonchev–Trinajstić information content (AvgIpc) is 1.77. The zero-order valence-corrected chi connectivity index (χ0v) is 5.44. The quantitative estimate of drug-likeness (QED) is 0.420. The van der Waals surface area contributed by atoms with Crippen molar-refractivity contribution in [3.05, 3.63) is 11.1 Å². The molecular formula is C7H11N. The minimum absolute atomic E-state index is 0.922. The molecule has 0 aromatic carbocycles. The van der Waals surface area contributed by atoms with Crippen LogP contribution in [0.4, 0.5) is 0 Å². The minimum atomic E-state index is 0.922. The topological polar surface area (TPSA) is 12.4 Å². The lowest BCUT2D eigenvalue weighted by Gasteiger charge is -2.06. The summed E-state index contributed by atoms with van der Waals surface area (Å²) in [6, 6.07) is 0. The predicted octanol–water partition coefficient (Wildman–Crippen LogP) is 1.80. The van der Waals surface area contributed by atoms with E-state index in [1.54, 1.807) is 0 Å². The van der Waals surface area contributed by atoms with Gasteiger partial charge >= 0.3 is 0 Å². The molecule has 0 aromatic heterocycles. The minimum Gasteiger partial charge on any atom is -0.293 e. The summed E-state index contributed by atoms with van der Waals surface area (Å²) in [5, 5.41) is 0. The largest absolute Gasteiger partial charge is 0.293 e. The van der Waals surface area contributed by atoms with Crippen molar-refractivity contribution in [3.63, 3.8) is 0 Å². The molecule has 0 fully saturated rings. The smallest absolute Gasteiger partial charge is 0.0595 e. The van der Waals surface area contributed by atoms with Crippen LogP contribution in [0.1, 0.15) is 20.3 Å². The first-order valence-corrected chi connectivity index (χ1v) is 2.94. The molecule has 0 saturated heterocycles. The molecule has 1 heterocycles. The maximum atomic E-state index is 4.13. The molecule has 0 radical (unpaired) electrons. The summed E-state index contributed by atoms with van der Waals surface area (Å²) in [4.78, 5) is 4.13. The lowest BCUT2D eigenvalue weighted by Crippen LogP contribution is -1.96. The van der Waals surface area contributed by atoms with Crippen LogP contribution in [0.2, 0.25) is 0 Å². The van der Waals surface area contributed by atoms with E-state index < -0.39 is 0 Å². The highest BCUT2D eigenvalue weighted by molar-refractivity contribution is 5.63. The van der Waals surface area contributed by atoms with Crippen molar-refractivity contribution in [3.8, 4) is 0 Å². The van der Waals surface area contributed by atoms with Crippen LogP contribution in [-0.4, -0.2) is 12.8 Å². The molecule has 0 bridgehead atoms. The predicted molar refractivity (Wildman–Crippen MR) is 36.4 cm³/mol. The summed E-state index contributed by atoms with van der Waals surface area (Å²) in [7, 11) is 0. The Kier molecular flexibility index (Phi) is 1.47. The third-order valence-corrected chi connectivity index (χ3v) is 1.58. The maximum absolute atomic E-state index is 4.13. The zero-order chi connectivity index (χ0) is 5.98. The zero-order valence-electron chi connectivity index (χ0n) is 5.44. The molecule has 1 nitrogen and oxygen atoms in total. The summed E-state index contributed by atoms with van der Waals surface area (Å²) in [6.45, 7) is 5.23. The van der Waals surface area contributed by atoms with Gasteiger partial charge in [0, 0.05) is 12.6 Å². The molecule has 0 aliphatic carbocycles. The highest BCUT2D eigenvalue weighted by Crippen LogP contribution is 2.09. The molecule has 1 aliphatic heterocycles. The molecule has 1 heteroatoms. The number of allylic oxidation sites excluding steroid dienone is 1. The van der Waals surface area contributed by atoms with Crippen LogP contribution in [0.5, 0.6) is 0 Å². The van der Waals surface area contributed by atoms with Crippen molar-refractivity contribution in [1.82, 2.24) is 0 Å². The summed E-state index contributed by atoms with van der Waals surface area (Å²) >= 11 is 0. The van der Waals surface area contributed by atoms with Gasteiger partial charge < -0.3 is 0 Å². The summed E-state index contributed by atoms with van der Waals surface area (Å²) in [6.07, 6.45) is 3.05. The van der Waals surface area contributed by atoms with Gasteiger partial charge in [-0.2, -0.15) is 0 Å². The van der Waals surface area contributed by atoms with Gasteiger partial charge in [-0.15, -0.1) is 0 Å². The van der Waals surface area contributed by atoms with Gasteiger partial charge in [0.2, 0.25) is 0 Å². The Hall–Kier alpha value is -0.590. The summed E-state index contributed by atoms with van der Waals surface area (Å²) in [5.74, 6) is 0. The maximum Gasteiger partial charge on any atom is 0.0595 e. The fourth-order valence-corrected chi connectivity index (χ4v) is 0.712. The van der Waals surface area contributed by atoms with Gasteiger partial charge in [-0.05, 0) is 13.8 Å². The normalized spacial score (nSPS) is 19.8. The first-order valence-electron chi connectivity index (χ1n) is 2.94. The third-order valence-electron chi connectivity index (χ3n) is 1.58. The molecule has 0 spiro atoms. The number of hydrogen-bond acceptors (Lipinski definition) is 1. The summed E-state index contributed by atoms with van der Waals surface area (Å²) < 4.78 is 0. The Morgan fingerprint density at radius 1 is 1.38 bits per heavy atom. The first-order chi connectivity index (χ1) is 3.80. The van der Waals surface area contributed by atoms with Crippen molar-refractivity contribution in [2.75, 3.05) is 6.54 Å². The number of rotatable bonds is 0. The highest BCUT2D eigenvalue weighted by atomic mass is 14.7. The second kappa shape index (κ2) is 2.12. The van der Waals surface area contributed by atoms with Gasteiger partial charge in [-0.1, -0.05) is 11.1 Å². The van der Waals surface area contributed by atoms with Crippen LogP contribution >= 0.6 is 0 Å². The molecule has 1 aliphatic rings. The Balaban J connectivity index is 2.67. The van der Waals surface area contributed by atoms with Crippen molar-refractivity contribution in [1.29, 1.82) is 0 Å². The number of dihydropyridines is 1. The van der Waals surface area contributed by atoms with E-state index in [-0.39, 0.29) is 0 Å². The molecule has 1 rings (SSSR count). The van der Waals surface area contributed by atoms with Crippen LogP contribution < -0.4 is 0 Å². The van der Waals surface area contributed by atoms with Crippen LogP contribution in [-0.2, 0) is 0 Å². The molecule has 0 amide bonds. The first kappa shape index (κ1) is 5.54. The van der Waals surface area contributed by atoms with Gasteiger partial charge in [0.25, 0.3) is 0 Å². The van der Waals surface area contributed by atoms with Gasteiger partial charge in [0.15, 0.2) is 0 Å². The monoisotopic (exact) mass is 109 g/mol. The SMILES string of the molecule is CC1=C(C)CN=CC1. The van der Waals surface area contributed by atoms with Crippen LogP contribution in [0.25, 0.3) is 0 Å². The fourth-order valence-electron chi connectivity index (χ4n) is 0.712. The van der Waals surface area contributed by atoms with E-state index in [9.17, 15) is 0 Å². The Bertz CT molecular complexity index is 126. The lowest BCUT2D eigenvalue weighted by atomic mass is 10.1. The molecule has 44 valence electrons. The van der Waals surface area contributed by atoms with Gasteiger partial charge in [-0.25, -0.2) is 0 Å². The molecule has 0 saturated carbocycles. The number of nitrogens with zero attached hydrogens (tertiary/aromatic N) is 1. The molecule has 8 heavy (non-hydrogen) atoms. The van der Waals surface area contributed by atoms with E-state index in [4.69, 9.17) is 0 Å². The van der Waals surface area contributed by atoms with Gasteiger partial charge in [0.1, 0.15) is 0 Å². The number of hydrogen-bond donors (Lipinski definition) is 0. The van der Waals surface area contributed by atoms with E-state index in [1.807, 2.05) is 6.21 Å². The van der Waals surface area contributed by atoms with Crippen LogP contribution in [0.3, 0.4) is 0 Å². The molecular weight excluding hydrogens is 98.1 g/mol. The van der Waals surface area contributed by atoms with Gasteiger partial charge in [-0.3, -0.25) is 4.99 Å². The van der Waals surface area contributed by atoms with Crippen molar-refractivity contribution in [2.24, 2.45) is 4.99 Å². The standard InChI is InChI=1S/C7H11N/c1-6-3-4-8-5-7(6)2/h4H,3,5H2,1-2H3. The van der Waals surface area contributed by atoms with Crippen LogP contribution in [0.15, 0.2) is 16.1 Å². The average molecular weight is 109 g/mol. The van der Waals surface area contributed by atoms with Crippen molar-refractivity contribution < 1.29 is 0 Å². The molecule has 0 aromatic rings. The van der Waals surface area contributed by atoms with E-state index in [0.29, 0.717) is 0 Å². The second-order valence-electron chi connectivity index (χ2n) is 2.29. The van der Waals surface area contributed by atoms with E-state index in [0.717, 1.165) is 13.0 Å². The van der Waals surface area contributed by atoms with Gasteiger partial charge in [0.05, 0.1) is 6.54 Å². The van der Waals surface area contributed by atoms with E-state index >= 15 is 0 Å². The van der Waals surface area contributed by atoms with Crippen molar-refractivity contribution >= 4 is 6.21 Å².